The van der Waals surface area contributed by atoms with Gasteiger partial charge in [0, 0.05) is 56.2 Å². The average molecular weight is 347 g/mol. The van der Waals surface area contributed by atoms with Crippen LogP contribution in [0.4, 0.5) is 0 Å². The maximum atomic E-state index is 12.6. The van der Waals surface area contributed by atoms with E-state index in [4.69, 9.17) is 0 Å². The Balaban J connectivity index is 1.65. The van der Waals surface area contributed by atoms with Gasteiger partial charge in [-0.3, -0.25) is 19.6 Å². The quantitative estimate of drug-likeness (QED) is 0.780. The van der Waals surface area contributed by atoms with E-state index in [1.807, 2.05) is 6.92 Å². The van der Waals surface area contributed by atoms with Crippen LogP contribution in [0.1, 0.15) is 24.6 Å². The fourth-order valence-corrected chi connectivity index (χ4v) is 3.18. The topological polar surface area (TPSA) is 93.9 Å². The minimum atomic E-state index is -0.316. The Morgan fingerprint density at radius 1 is 1.36 bits per heavy atom. The van der Waals surface area contributed by atoms with Gasteiger partial charge in [-0.15, -0.1) is 0 Å². The number of nitrogens with zero attached hydrogens (tertiary/aromatic N) is 4. The van der Waals surface area contributed by atoms with Crippen molar-refractivity contribution in [2.24, 2.45) is 0 Å². The minimum Gasteiger partial charge on any atom is -0.392 e. The van der Waals surface area contributed by atoms with Crippen molar-refractivity contribution < 1.29 is 9.90 Å². The normalized spacial score (nSPS) is 17.2. The molecule has 2 N–H and O–H groups in total. The van der Waals surface area contributed by atoms with Gasteiger partial charge in [0.25, 0.3) is 5.56 Å². The predicted octanol–water partition coefficient (Wildman–Crippen LogP) is -0.211. The van der Waals surface area contributed by atoms with E-state index in [2.05, 4.69) is 15.0 Å². The van der Waals surface area contributed by atoms with E-state index in [1.54, 1.807) is 24.1 Å². The van der Waals surface area contributed by atoms with Gasteiger partial charge >= 0.3 is 0 Å². The molecular formula is C17H25N5O3. The standard InChI is InChI=1S/C17H25N5O3/c1-3-13(23)11-20-6-8-21(9-7-20)16(24)10-14-12(2)19-15-4-5-18-22(15)17(14)25/h4-5,13,18,23H,3,6-11H2,1-2H3/t13-/m0/s1. The molecule has 0 aliphatic carbocycles. The van der Waals surface area contributed by atoms with Crippen molar-refractivity contribution >= 4 is 11.6 Å². The van der Waals surface area contributed by atoms with E-state index in [9.17, 15) is 14.7 Å². The second-order valence-electron chi connectivity index (χ2n) is 6.56. The number of amides is 1. The van der Waals surface area contributed by atoms with E-state index in [1.165, 1.54) is 4.52 Å². The Bertz CT molecular complexity index is 804. The van der Waals surface area contributed by atoms with Gasteiger partial charge in [0.2, 0.25) is 5.91 Å². The van der Waals surface area contributed by atoms with Crippen molar-refractivity contribution in [2.45, 2.75) is 32.8 Å². The molecule has 8 heteroatoms. The molecule has 3 rings (SSSR count). The highest BCUT2D eigenvalue weighted by molar-refractivity contribution is 5.79. The predicted molar refractivity (Wildman–Crippen MR) is 93.6 cm³/mol. The Hall–Kier alpha value is -2.19. The number of carbonyl (C=O) groups excluding carboxylic acids is 1. The molecule has 25 heavy (non-hydrogen) atoms. The molecule has 0 spiro atoms. The zero-order valence-corrected chi connectivity index (χ0v) is 14.7. The highest BCUT2D eigenvalue weighted by atomic mass is 16.3. The molecule has 1 atom stereocenters. The van der Waals surface area contributed by atoms with Crippen LogP contribution in [0.5, 0.6) is 0 Å². The van der Waals surface area contributed by atoms with Crippen LogP contribution in [0.25, 0.3) is 5.65 Å². The highest BCUT2D eigenvalue weighted by Crippen LogP contribution is 2.09. The number of piperazine rings is 1. The third-order valence-corrected chi connectivity index (χ3v) is 4.84. The first-order valence-corrected chi connectivity index (χ1v) is 8.73. The van der Waals surface area contributed by atoms with Crippen molar-refractivity contribution in [2.75, 3.05) is 32.7 Å². The second kappa shape index (κ2) is 7.37. The number of aromatic amines is 1. The molecule has 1 aliphatic rings. The van der Waals surface area contributed by atoms with Gasteiger partial charge in [0.05, 0.1) is 12.5 Å². The molecule has 0 radical (unpaired) electrons. The van der Waals surface area contributed by atoms with Crippen LogP contribution in [0.3, 0.4) is 0 Å². The molecule has 0 unspecified atom stereocenters. The first-order valence-electron chi connectivity index (χ1n) is 8.73. The van der Waals surface area contributed by atoms with E-state index < -0.39 is 0 Å². The summed E-state index contributed by atoms with van der Waals surface area (Å²) in [7, 11) is 0. The van der Waals surface area contributed by atoms with Crippen molar-refractivity contribution in [3.63, 3.8) is 0 Å². The van der Waals surface area contributed by atoms with Gasteiger partial charge < -0.3 is 10.0 Å². The lowest BCUT2D eigenvalue weighted by Gasteiger charge is -2.35. The fraction of sp³-hybridized carbons (Fsp3) is 0.588. The van der Waals surface area contributed by atoms with E-state index in [0.717, 1.165) is 19.5 Å². The van der Waals surface area contributed by atoms with Gasteiger partial charge in [0.1, 0.15) is 0 Å². The maximum Gasteiger partial charge on any atom is 0.276 e. The number of rotatable bonds is 5. The monoisotopic (exact) mass is 347 g/mol. The third kappa shape index (κ3) is 3.74. The van der Waals surface area contributed by atoms with E-state index >= 15 is 0 Å². The van der Waals surface area contributed by atoms with Crippen LogP contribution >= 0.6 is 0 Å². The summed E-state index contributed by atoms with van der Waals surface area (Å²) in [6.07, 6.45) is 2.13. The number of aryl methyl sites for hydroxylation is 1. The molecule has 8 nitrogen and oxygen atoms in total. The van der Waals surface area contributed by atoms with Gasteiger partial charge in [-0.1, -0.05) is 6.92 Å². The highest BCUT2D eigenvalue weighted by Gasteiger charge is 2.24. The number of aliphatic hydroxyl groups is 1. The first-order chi connectivity index (χ1) is 12.0. The average Bonchev–Trinajstić information content (AvgIpc) is 3.07. The van der Waals surface area contributed by atoms with E-state index in [-0.39, 0.29) is 24.0 Å². The molecule has 0 aromatic carbocycles. The lowest BCUT2D eigenvalue weighted by Crippen LogP contribution is -2.51. The number of aliphatic hydroxyl groups excluding tert-OH is 1. The Labute approximate surface area is 146 Å². The number of hydrogen-bond acceptors (Lipinski definition) is 5. The van der Waals surface area contributed by atoms with Gasteiger partial charge in [-0.2, -0.15) is 0 Å². The van der Waals surface area contributed by atoms with Gasteiger partial charge in [-0.25, -0.2) is 9.50 Å². The van der Waals surface area contributed by atoms with E-state index in [0.29, 0.717) is 36.5 Å². The third-order valence-electron chi connectivity index (χ3n) is 4.84. The summed E-state index contributed by atoms with van der Waals surface area (Å²) in [6.45, 7) is 7.10. The Morgan fingerprint density at radius 2 is 2.08 bits per heavy atom. The zero-order chi connectivity index (χ0) is 18.0. The van der Waals surface area contributed by atoms with Gasteiger partial charge in [0.15, 0.2) is 5.65 Å². The molecular weight excluding hydrogens is 322 g/mol. The lowest BCUT2D eigenvalue weighted by atomic mass is 10.1. The summed E-state index contributed by atoms with van der Waals surface area (Å²) in [4.78, 5) is 33.5. The number of carbonyl (C=O) groups is 1. The van der Waals surface area contributed by atoms with Crippen LogP contribution in [0, 0.1) is 6.92 Å². The Morgan fingerprint density at radius 3 is 2.76 bits per heavy atom. The molecule has 3 heterocycles. The zero-order valence-electron chi connectivity index (χ0n) is 14.7. The molecule has 1 amide bonds. The minimum absolute atomic E-state index is 0.0517. The number of fused-ring (bicyclic) bond motifs is 1. The van der Waals surface area contributed by atoms with Crippen molar-refractivity contribution in [3.05, 3.63) is 33.9 Å². The molecule has 2 aromatic rings. The van der Waals surface area contributed by atoms with Crippen molar-refractivity contribution in [1.82, 2.24) is 24.4 Å². The first kappa shape index (κ1) is 17.6. The SMILES string of the molecule is CC[C@H](O)CN1CCN(C(=O)Cc2c(C)nc3cc[nH]n3c2=O)CC1. The molecule has 1 aliphatic heterocycles. The molecule has 0 bridgehead atoms. The summed E-state index contributed by atoms with van der Waals surface area (Å²) in [5.74, 6) is -0.0517. The number of hydrogen-bond donors (Lipinski definition) is 2. The molecule has 2 aromatic heterocycles. The summed E-state index contributed by atoms with van der Waals surface area (Å²) in [6, 6.07) is 1.73. The number of nitrogens with one attached hydrogen (secondary N) is 1. The molecule has 1 fully saturated rings. The van der Waals surface area contributed by atoms with Crippen LogP contribution in [-0.2, 0) is 11.2 Å². The summed E-state index contributed by atoms with van der Waals surface area (Å²) in [5, 5.41) is 12.6. The van der Waals surface area contributed by atoms with Crippen molar-refractivity contribution in [3.8, 4) is 0 Å². The summed E-state index contributed by atoms with van der Waals surface area (Å²) < 4.78 is 1.36. The second-order valence-corrected chi connectivity index (χ2v) is 6.56. The fourth-order valence-electron chi connectivity index (χ4n) is 3.18. The summed E-state index contributed by atoms with van der Waals surface area (Å²) >= 11 is 0. The largest absolute Gasteiger partial charge is 0.392 e. The molecule has 136 valence electrons. The number of H-pyrrole nitrogens is 1. The maximum absolute atomic E-state index is 12.6. The number of β-amino-alcohol motifs (C(OH)–C–C–N with tert-alkyl or cyclic N) is 1. The molecule has 0 saturated carbocycles. The van der Waals surface area contributed by atoms with Crippen molar-refractivity contribution in [1.29, 1.82) is 0 Å². The van der Waals surface area contributed by atoms with Crippen LogP contribution in [-0.4, -0.2) is 74.2 Å². The Kier molecular flexibility index (Phi) is 5.19. The molecule has 1 saturated heterocycles. The van der Waals surface area contributed by atoms with Crippen LogP contribution in [0.2, 0.25) is 0 Å². The summed E-state index contributed by atoms with van der Waals surface area (Å²) in [5.41, 5.74) is 1.38. The lowest BCUT2D eigenvalue weighted by molar-refractivity contribution is -0.132. The van der Waals surface area contributed by atoms with Gasteiger partial charge in [-0.05, 0) is 13.3 Å². The van der Waals surface area contributed by atoms with Crippen LogP contribution in [0.15, 0.2) is 17.1 Å². The number of aromatic nitrogens is 3. The van der Waals surface area contributed by atoms with Crippen LogP contribution < -0.4 is 5.56 Å². The smallest absolute Gasteiger partial charge is 0.276 e.